The van der Waals surface area contributed by atoms with Crippen LogP contribution in [0.15, 0.2) is 18.3 Å². The number of anilines is 1. The molecule has 0 saturated carbocycles. The van der Waals surface area contributed by atoms with Crippen LogP contribution < -0.4 is 10.6 Å². The van der Waals surface area contributed by atoms with Gasteiger partial charge in [-0.05, 0) is 12.1 Å². The van der Waals surface area contributed by atoms with Crippen LogP contribution in [0.2, 0.25) is 0 Å². The Balaban J connectivity index is 2.35. The quantitative estimate of drug-likeness (QED) is 0.772. The summed E-state index contributed by atoms with van der Waals surface area (Å²) in [7, 11) is 1.62. The highest BCUT2D eigenvalue weighted by molar-refractivity contribution is 5.98. The molecule has 0 aliphatic rings. The van der Waals surface area contributed by atoms with Crippen LogP contribution in [0, 0.1) is 0 Å². The molecule has 0 bridgehead atoms. The van der Waals surface area contributed by atoms with Crippen molar-refractivity contribution in [1.29, 1.82) is 0 Å². The Labute approximate surface area is 108 Å². The highest BCUT2D eigenvalue weighted by Gasteiger charge is 2.27. The van der Waals surface area contributed by atoms with Crippen molar-refractivity contribution in [2.45, 2.75) is 6.18 Å². The van der Waals surface area contributed by atoms with Gasteiger partial charge >= 0.3 is 6.18 Å². The van der Waals surface area contributed by atoms with E-state index in [9.17, 15) is 18.0 Å². The largest absolute Gasteiger partial charge is 0.411 e. The van der Waals surface area contributed by atoms with Crippen molar-refractivity contribution >= 4 is 11.7 Å². The third-order valence-electron chi connectivity index (χ3n) is 2.09. The first-order chi connectivity index (χ1) is 8.94. The predicted octanol–water partition coefficient (Wildman–Crippen LogP) is 1.43. The van der Waals surface area contributed by atoms with Crippen LogP contribution in [0.5, 0.6) is 0 Å². The topological polar surface area (TPSA) is 63.2 Å². The molecule has 0 aliphatic heterocycles. The number of rotatable bonds is 6. The summed E-state index contributed by atoms with van der Waals surface area (Å²) in [4.78, 5) is 15.7. The molecule has 5 nitrogen and oxygen atoms in total. The summed E-state index contributed by atoms with van der Waals surface area (Å²) in [5.74, 6) is -0.0238. The molecule has 1 amide bonds. The van der Waals surface area contributed by atoms with E-state index in [4.69, 9.17) is 0 Å². The molecule has 0 unspecified atom stereocenters. The lowest BCUT2D eigenvalue weighted by molar-refractivity contribution is -0.173. The number of hydrogen-bond acceptors (Lipinski definition) is 4. The first-order valence-electron chi connectivity index (χ1n) is 5.49. The normalized spacial score (nSPS) is 11.2. The van der Waals surface area contributed by atoms with Gasteiger partial charge in [0.05, 0.1) is 12.2 Å². The van der Waals surface area contributed by atoms with E-state index in [0.717, 1.165) is 0 Å². The highest BCUT2D eigenvalue weighted by atomic mass is 19.4. The van der Waals surface area contributed by atoms with Gasteiger partial charge in [-0.1, -0.05) is 0 Å². The molecule has 1 rings (SSSR count). The number of carbonyl (C=O) groups excluding carboxylic acids is 1. The number of carbonyl (C=O) groups is 1. The molecule has 0 atom stereocenters. The summed E-state index contributed by atoms with van der Waals surface area (Å²) in [6, 6.07) is 3.15. The molecule has 2 N–H and O–H groups in total. The first-order valence-corrected chi connectivity index (χ1v) is 5.49. The van der Waals surface area contributed by atoms with Crippen molar-refractivity contribution in [1.82, 2.24) is 10.3 Å². The standard InChI is InChI=1S/C11H14F3N3O2/c1-15-9-8(3-2-4-16-9)10(18)17-5-6-19-7-11(12,13)14/h2-4H,5-7H2,1H3,(H,15,16)(H,17,18). The van der Waals surface area contributed by atoms with Gasteiger partial charge in [0.2, 0.25) is 0 Å². The molecule has 0 aliphatic carbocycles. The van der Waals surface area contributed by atoms with E-state index in [1.54, 1.807) is 19.2 Å². The summed E-state index contributed by atoms with van der Waals surface area (Å²) in [5, 5.41) is 5.19. The molecule has 106 valence electrons. The van der Waals surface area contributed by atoms with Crippen molar-refractivity contribution in [3.8, 4) is 0 Å². The number of ether oxygens (including phenoxy) is 1. The SMILES string of the molecule is CNc1ncccc1C(=O)NCCOCC(F)(F)F. The first kappa shape index (κ1) is 15.2. The minimum atomic E-state index is -4.35. The number of nitrogens with zero attached hydrogens (tertiary/aromatic N) is 1. The number of alkyl halides is 3. The van der Waals surface area contributed by atoms with E-state index < -0.39 is 18.7 Å². The second-order valence-corrected chi connectivity index (χ2v) is 3.57. The summed E-state index contributed by atoms with van der Waals surface area (Å²) in [6.45, 7) is -1.54. The average molecular weight is 277 g/mol. The lowest BCUT2D eigenvalue weighted by Crippen LogP contribution is -2.29. The molecule has 1 heterocycles. The van der Waals surface area contributed by atoms with Gasteiger partial charge in [-0.3, -0.25) is 4.79 Å². The predicted molar refractivity (Wildman–Crippen MR) is 63.0 cm³/mol. The van der Waals surface area contributed by atoms with E-state index in [-0.39, 0.29) is 13.2 Å². The van der Waals surface area contributed by atoms with Gasteiger partial charge in [0.1, 0.15) is 12.4 Å². The summed E-state index contributed by atoms with van der Waals surface area (Å²) >= 11 is 0. The highest BCUT2D eigenvalue weighted by Crippen LogP contribution is 2.14. The number of halogens is 3. The smallest absolute Gasteiger partial charge is 0.372 e. The fourth-order valence-corrected chi connectivity index (χ4v) is 1.31. The molecule has 1 aromatic rings. The molecular weight excluding hydrogens is 263 g/mol. The zero-order valence-electron chi connectivity index (χ0n) is 10.3. The van der Waals surface area contributed by atoms with Crippen molar-refractivity contribution in [2.24, 2.45) is 0 Å². The Morgan fingerprint density at radius 2 is 2.21 bits per heavy atom. The van der Waals surface area contributed by atoms with Crippen molar-refractivity contribution in [3.05, 3.63) is 23.9 Å². The molecule has 0 spiro atoms. The van der Waals surface area contributed by atoms with Crippen LogP contribution in [0.4, 0.5) is 19.0 Å². The van der Waals surface area contributed by atoms with E-state index in [1.165, 1.54) is 6.20 Å². The summed E-state index contributed by atoms with van der Waals surface area (Å²) in [5.41, 5.74) is 0.320. The van der Waals surface area contributed by atoms with Gasteiger partial charge in [-0.25, -0.2) is 4.98 Å². The van der Waals surface area contributed by atoms with Crippen LogP contribution in [-0.4, -0.2) is 43.9 Å². The Bertz CT molecular complexity index is 424. The molecule has 1 aromatic heterocycles. The van der Waals surface area contributed by atoms with Gasteiger partial charge < -0.3 is 15.4 Å². The van der Waals surface area contributed by atoms with Crippen LogP contribution in [0.25, 0.3) is 0 Å². The van der Waals surface area contributed by atoms with E-state index >= 15 is 0 Å². The van der Waals surface area contributed by atoms with Gasteiger partial charge in [0.15, 0.2) is 0 Å². The fraction of sp³-hybridized carbons (Fsp3) is 0.455. The number of amides is 1. The number of hydrogen-bond donors (Lipinski definition) is 2. The molecular formula is C11H14F3N3O2. The van der Waals surface area contributed by atoms with Crippen LogP contribution in [0.1, 0.15) is 10.4 Å². The monoisotopic (exact) mass is 277 g/mol. The zero-order chi connectivity index (χ0) is 14.3. The lowest BCUT2D eigenvalue weighted by Gasteiger charge is -2.10. The lowest BCUT2D eigenvalue weighted by atomic mass is 10.2. The molecule has 8 heteroatoms. The Hall–Kier alpha value is -1.83. The molecule has 0 radical (unpaired) electrons. The average Bonchev–Trinajstić information content (AvgIpc) is 2.36. The number of nitrogens with one attached hydrogen (secondary N) is 2. The Morgan fingerprint density at radius 1 is 1.47 bits per heavy atom. The van der Waals surface area contributed by atoms with Gasteiger partial charge in [-0.15, -0.1) is 0 Å². The number of aromatic nitrogens is 1. The fourth-order valence-electron chi connectivity index (χ4n) is 1.31. The minimum absolute atomic E-state index is 0.00698. The minimum Gasteiger partial charge on any atom is -0.372 e. The third-order valence-corrected chi connectivity index (χ3v) is 2.09. The molecule has 19 heavy (non-hydrogen) atoms. The van der Waals surface area contributed by atoms with E-state index in [1.807, 2.05) is 0 Å². The van der Waals surface area contributed by atoms with Gasteiger partial charge in [0.25, 0.3) is 5.91 Å². The van der Waals surface area contributed by atoms with E-state index in [2.05, 4.69) is 20.4 Å². The van der Waals surface area contributed by atoms with Crippen molar-refractivity contribution in [2.75, 3.05) is 32.1 Å². The van der Waals surface area contributed by atoms with Crippen LogP contribution in [0.3, 0.4) is 0 Å². The maximum atomic E-state index is 11.8. The van der Waals surface area contributed by atoms with E-state index in [0.29, 0.717) is 11.4 Å². The summed E-state index contributed by atoms with van der Waals surface area (Å²) in [6.07, 6.45) is -2.83. The van der Waals surface area contributed by atoms with Gasteiger partial charge in [-0.2, -0.15) is 13.2 Å². The summed E-state index contributed by atoms with van der Waals surface area (Å²) < 4.78 is 39.7. The molecule has 0 aromatic carbocycles. The zero-order valence-corrected chi connectivity index (χ0v) is 10.3. The molecule has 0 saturated heterocycles. The van der Waals surface area contributed by atoms with Crippen LogP contribution >= 0.6 is 0 Å². The molecule has 0 fully saturated rings. The third kappa shape index (κ3) is 5.56. The van der Waals surface area contributed by atoms with Crippen molar-refractivity contribution < 1.29 is 22.7 Å². The van der Waals surface area contributed by atoms with Crippen LogP contribution in [-0.2, 0) is 4.74 Å². The maximum Gasteiger partial charge on any atom is 0.411 e. The van der Waals surface area contributed by atoms with Gasteiger partial charge in [0, 0.05) is 19.8 Å². The Kier molecular flexibility index (Phi) is 5.56. The number of pyridine rings is 1. The second kappa shape index (κ2) is 6.93. The van der Waals surface area contributed by atoms with Crippen molar-refractivity contribution in [3.63, 3.8) is 0 Å². The second-order valence-electron chi connectivity index (χ2n) is 3.57. The Morgan fingerprint density at radius 3 is 2.84 bits per heavy atom. The maximum absolute atomic E-state index is 11.8.